The highest BCUT2D eigenvalue weighted by Gasteiger charge is 2.15. The van der Waals surface area contributed by atoms with Crippen molar-refractivity contribution in [1.29, 1.82) is 0 Å². The van der Waals surface area contributed by atoms with Crippen LogP contribution in [0.3, 0.4) is 0 Å². The first kappa shape index (κ1) is 11.0. The summed E-state index contributed by atoms with van der Waals surface area (Å²) in [4.78, 5) is 10.7. The van der Waals surface area contributed by atoms with Gasteiger partial charge >= 0.3 is 7.12 Å². The predicted octanol–water partition coefficient (Wildman–Crippen LogP) is -0.0218. The Balaban J connectivity index is 3.00. The van der Waals surface area contributed by atoms with E-state index in [4.69, 9.17) is 21.6 Å². The molecule has 1 amide bonds. The van der Waals surface area contributed by atoms with Crippen molar-refractivity contribution < 1.29 is 14.8 Å². The van der Waals surface area contributed by atoms with Crippen molar-refractivity contribution in [3.05, 3.63) is 23.2 Å². The molecule has 3 N–H and O–H groups in total. The molecular weight excluding hydrogens is 204 g/mol. The van der Waals surface area contributed by atoms with E-state index in [1.54, 1.807) is 6.07 Å². The minimum Gasteiger partial charge on any atom is -0.423 e. The van der Waals surface area contributed by atoms with Crippen LogP contribution in [0.1, 0.15) is 6.92 Å². The van der Waals surface area contributed by atoms with E-state index >= 15 is 0 Å². The van der Waals surface area contributed by atoms with Crippen molar-refractivity contribution in [3.63, 3.8) is 0 Å². The molecule has 0 spiro atoms. The van der Waals surface area contributed by atoms with Gasteiger partial charge in [-0.15, -0.1) is 0 Å². The van der Waals surface area contributed by atoms with E-state index in [1.807, 2.05) is 0 Å². The molecule has 0 radical (unpaired) electrons. The Kier molecular flexibility index (Phi) is 3.52. The fourth-order valence-corrected chi connectivity index (χ4v) is 1.24. The van der Waals surface area contributed by atoms with Crippen LogP contribution in [0, 0.1) is 0 Å². The van der Waals surface area contributed by atoms with Gasteiger partial charge in [-0.25, -0.2) is 0 Å². The fraction of sp³-hybridized carbons (Fsp3) is 0.125. The summed E-state index contributed by atoms with van der Waals surface area (Å²) in [6, 6.07) is 4.48. The first-order valence-corrected chi connectivity index (χ1v) is 4.31. The Morgan fingerprint density at radius 2 is 2.14 bits per heavy atom. The van der Waals surface area contributed by atoms with E-state index in [-0.39, 0.29) is 16.4 Å². The van der Waals surface area contributed by atoms with Gasteiger partial charge in [0.25, 0.3) is 0 Å². The highest BCUT2D eigenvalue weighted by molar-refractivity contribution is 6.62. The number of amides is 1. The van der Waals surface area contributed by atoms with Crippen molar-refractivity contribution in [2.45, 2.75) is 6.92 Å². The second-order valence-corrected chi connectivity index (χ2v) is 3.20. The van der Waals surface area contributed by atoms with Crippen LogP contribution in [0.25, 0.3) is 0 Å². The van der Waals surface area contributed by atoms with E-state index in [0.717, 1.165) is 0 Å². The quantitative estimate of drug-likeness (QED) is 0.605. The monoisotopic (exact) mass is 213 g/mol. The third-order valence-electron chi connectivity index (χ3n) is 1.59. The summed E-state index contributed by atoms with van der Waals surface area (Å²) in [7, 11) is -1.64. The van der Waals surface area contributed by atoms with Gasteiger partial charge in [-0.3, -0.25) is 4.79 Å². The maximum absolute atomic E-state index is 10.7. The highest BCUT2D eigenvalue weighted by atomic mass is 35.5. The Labute approximate surface area is 86.7 Å². The minimum absolute atomic E-state index is 0.165. The van der Waals surface area contributed by atoms with Gasteiger partial charge in [-0.05, 0) is 18.2 Å². The first-order chi connectivity index (χ1) is 6.50. The Morgan fingerprint density at radius 3 is 2.64 bits per heavy atom. The van der Waals surface area contributed by atoms with Crippen LogP contribution < -0.4 is 10.8 Å². The molecule has 0 bridgehead atoms. The lowest BCUT2D eigenvalue weighted by molar-refractivity contribution is -0.114. The standard InChI is InChI=1S/C8H9BClNO3/c1-5(12)11-6-2-3-8(10)7(4-6)9(13)14/h2-4,13-14H,1H3,(H,11,12). The maximum Gasteiger partial charge on any atom is 0.490 e. The van der Waals surface area contributed by atoms with Crippen LogP contribution in [-0.2, 0) is 4.79 Å². The second-order valence-electron chi connectivity index (χ2n) is 2.79. The first-order valence-electron chi connectivity index (χ1n) is 3.94. The van der Waals surface area contributed by atoms with E-state index in [9.17, 15) is 4.79 Å². The van der Waals surface area contributed by atoms with Crippen molar-refractivity contribution in [2.24, 2.45) is 0 Å². The molecular formula is C8H9BClNO3. The summed E-state index contributed by atoms with van der Waals surface area (Å²) in [5, 5.41) is 20.6. The largest absolute Gasteiger partial charge is 0.490 e. The summed E-state index contributed by atoms with van der Waals surface area (Å²) in [5.74, 6) is -0.231. The lowest BCUT2D eigenvalue weighted by atomic mass is 9.80. The number of anilines is 1. The minimum atomic E-state index is -1.64. The summed E-state index contributed by atoms with van der Waals surface area (Å²) >= 11 is 5.70. The SMILES string of the molecule is CC(=O)Nc1ccc(Cl)c(B(O)O)c1. The number of carbonyl (C=O) groups excluding carboxylic acids is 1. The Hall–Kier alpha value is -1.04. The van der Waals surface area contributed by atoms with Crippen LogP contribution in [-0.4, -0.2) is 23.1 Å². The molecule has 74 valence electrons. The molecule has 6 heteroatoms. The smallest absolute Gasteiger partial charge is 0.423 e. The van der Waals surface area contributed by atoms with Crippen LogP contribution in [0.4, 0.5) is 5.69 Å². The molecule has 1 rings (SSSR count). The van der Waals surface area contributed by atoms with E-state index in [1.165, 1.54) is 19.1 Å². The van der Waals surface area contributed by atoms with E-state index in [0.29, 0.717) is 5.69 Å². The van der Waals surface area contributed by atoms with Crippen LogP contribution >= 0.6 is 11.6 Å². The molecule has 0 unspecified atom stereocenters. The van der Waals surface area contributed by atoms with Gasteiger partial charge < -0.3 is 15.4 Å². The maximum atomic E-state index is 10.7. The van der Waals surface area contributed by atoms with Gasteiger partial charge in [0.05, 0.1) is 0 Å². The van der Waals surface area contributed by atoms with Crippen LogP contribution in [0.5, 0.6) is 0 Å². The molecule has 0 heterocycles. The fourth-order valence-electron chi connectivity index (χ4n) is 1.02. The molecule has 4 nitrogen and oxygen atoms in total. The van der Waals surface area contributed by atoms with E-state index in [2.05, 4.69) is 5.32 Å². The molecule has 0 saturated carbocycles. The summed E-state index contributed by atoms with van der Waals surface area (Å²) < 4.78 is 0. The summed E-state index contributed by atoms with van der Waals surface area (Å²) in [5.41, 5.74) is 0.642. The number of nitrogens with one attached hydrogen (secondary N) is 1. The Bertz CT molecular complexity index is 356. The molecule has 0 aliphatic rings. The zero-order chi connectivity index (χ0) is 10.7. The number of rotatable bonds is 2. The van der Waals surface area contributed by atoms with Crippen LogP contribution in [0.2, 0.25) is 5.02 Å². The number of hydrogen-bond acceptors (Lipinski definition) is 3. The number of benzene rings is 1. The average Bonchev–Trinajstić information content (AvgIpc) is 2.07. The van der Waals surface area contributed by atoms with Crippen molar-refractivity contribution in [3.8, 4) is 0 Å². The second kappa shape index (κ2) is 4.46. The lowest BCUT2D eigenvalue weighted by Gasteiger charge is -2.06. The number of carbonyl (C=O) groups is 1. The normalized spacial score (nSPS) is 9.71. The molecule has 0 aliphatic heterocycles. The molecule has 1 aromatic carbocycles. The molecule has 0 fully saturated rings. The van der Waals surface area contributed by atoms with E-state index < -0.39 is 7.12 Å². The number of halogens is 1. The molecule has 0 atom stereocenters. The number of hydrogen-bond donors (Lipinski definition) is 3. The Morgan fingerprint density at radius 1 is 1.50 bits per heavy atom. The highest BCUT2D eigenvalue weighted by Crippen LogP contribution is 2.11. The molecule has 1 aromatic rings. The summed E-state index contributed by atoms with van der Waals surface area (Å²) in [6.45, 7) is 1.36. The van der Waals surface area contributed by atoms with Crippen molar-refractivity contribution >= 4 is 35.8 Å². The van der Waals surface area contributed by atoms with Crippen molar-refractivity contribution in [2.75, 3.05) is 5.32 Å². The van der Waals surface area contributed by atoms with Crippen molar-refractivity contribution in [1.82, 2.24) is 0 Å². The van der Waals surface area contributed by atoms with Gasteiger partial charge in [0, 0.05) is 23.1 Å². The summed E-state index contributed by atoms with van der Waals surface area (Å²) in [6.07, 6.45) is 0. The molecule has 0 saturated heterocycles. The average molecular weight is 213 g/mol. The third kappa shape index (κ3) is 2.73. The van der Waals surface area contributed by atoms with Crippen LogP contribution in [0.15, 0.2) is 18.2 Å². The third-order valence-corrected chi connectivity index (χ3v) is 1.94. The van der Waals surface area contributed by atoms with Gasteiger partial charge in [0.1, 0.15) is 0 Å². The zero-order valence-corrected chi connectivity index (χ0v) is 8.25. The molecule has 14 heavy (non-hydrogen) atoms. The van der Waals surface area contributed by atoms with Gasteiger partial charge in [-0.2, -0.15) is 0 Å². The molecule has 0 aliphatic carbocycles. The van der Waals surface area contributed by atoms with Gasteiger partial charge in [0.2, 0.25) is 5.91 Å². The topological polar surface area (TPSA) is 69.6 Å². The molecule has 0 aromatic heterocycles. The van der Waals surface area contributed by atoms with Gasteiger partial charge in [-0.1, -0.05) is 11.6 Å². The lowest BCUT2D eigenvalue weighted by Crippen LogP contribution is -2.31. The zero-order valence-electron chi connectivity index (χ0n) is 7.49. The predicted molar refractivity (Wildman–Crippen MR) is 55.6 cm³/mol. The van der Waals surface area contributed by atoms with Gasteiger partial charge in [0.15, 0.2) is 0 Å².